The molecule has 0 bridgehead atoms. The zero-order chi connectivity index (χ0) is 9.97. The first-order valence-electron chi connectivity index (χ1n) is 4.36. The number of nitrogens with zero attached hydrogens (tertiary/aromatic N) is 2. The van der Waals surface area contributed by atoms with Crippen molar-refractivity contribution in [2.24, 2.45) is 0 Å². The molecule has 5 nitrogen and oxygen atoms in total. The average Bonchev–Trinajstić information content (AvgIpc) is 2.41. The number of nitro groups is 1. The number of nitro benzene ring substituents is 1. The first kappa shape index (κ1) is 8.80. The van der Waals surface area contributed by atoms with E-state index in [1.54, 1.807) is 6.07 Å². The minimum Gasteiger partial charge on any atom is -0.491 e. The Morgan fingerprint density at radius 2 is 2.36 bits per heavy atom. The average molecular weight is 193 g/mol. The summed E-state index contributed by atoms with van der Waals surface area (Å²) < 4.78 is 5.37. The van der Waals surface area contributed by atoms with Crippen molar-refractivity contribution in [2.75, 3.05) is 13.2 Å². The molecule has 0 N–H and O–H groups in total. The van der Waals surface area contributed by atoms with Gasteiger partial charge in [0.2, 0.25) is 0 Å². The highest BCUT2D eigenvalue weighted by molar-refractivity contribution is 5.57. The lowest BCUT2D eigenvalue weighted by atomic mass is 10.2. The van der Waals surface area contributed by atoms with Gasteiger partial charge in [-0.3, -0.25) is 15.4 Å². The molecule has 0 unspecified atom stereocenters. The second-order valence-corrected chi connectivity index (χ2v) is 2.99. The standard InChI is InChI=1S/C9H9N2O3/c12-11(13)7-2-3-9-8(6-7)10-4-1-5-14-9/h2-3,6H,1,4-5H2. The molecule has 0 saturated carbocycles. The number of non-ortho nitro benzene ring substituents is 1. The molecule has 1 heterocycles. The summed E-state index contributed by atoms with van der Waals surface area (Å²) in [6.07, 6.45) is 0.850. The summed E-state index contributed by atoms with van der Waals surface area (Å²) in [6.45, 7) is 1.28. The molecule has 0 aromatic heterocycles. The number of rotatable bonds is 1. The summed E-state index contributed by atoms with van der Waals surface area (Å²) in [5, 5.41) is 14.7. The highest BCUT2D eigenvalue weighted by Gasteiger charge is 2.14. The molecule has 1 radical (unpaired) electrons. The van der Waals surface area contributed by atoms with Crippen LogP contribution in [0.3, 0.4) is 0 Å². The third-order valence-electron chi connectivity index (χ3n) is 2.00. The first-order chi connectivity index (χ1) is 6.77. The van der Waals surface area contributed by atoms with Crippen molar-refractivity contribution in [1.29, 1.82) is 0 Å². The Bertz CT molecular complexity index is 365. The van der Waals surface area contributed by atoms with Gasteiger partial charge in [0.05, 0.1) is 11.5 Å². The maximum atomic E-state index is 10.5. The Morgan fingerprint density at radius 1 is 1.50 bits per heavy atom. The van der Waals surface area contributed by atoms with Crippen molar-refractivity contribution in [1.82, 2.24) is 5.32 Å². The monoisotopic (exact) mass is 193 g/mol. The summed E-state index contributed by atoms with van der Waals surface area (Å²) in [6, 6.07) is 4.47. The molecule has 1 aromatic carbocycles. The summed E-state index contributed by atoms with van der Waals surface area (Å²) >= 11 is 0. The van der Waals surface area contributed by atoms with Gasteiger partial charge in [0.25, 0.3) is 5.69 Å². The Kier molecular flexibility index (Phi) is 2.22. The summed E-state index contributed by atoms with van der Waals surface area (Å²) in [5.74, 6) is 0.633. The minimum absolute atomic E-state index is 0.0537. The highest BCUT2D eigenvalue weighted by Crippen LogP contribution is 2.30. The van der Waals surface area contributed by atoms with Gasteiger partial charge in [-0.05, 0) is 6.07 Å². The zero-order valence-corrected chi connectivity index (χ0v) is 7.47. The van der Waals surface area contributed by atoms with Crippen LogP contribution in [0.5, 0.6) is 5.75 Å². The fraction of sp³-hybridized carbons (Fsp3) is 0.333. The maximum Gasteiger partial charge on any atom is 0.271 e. The van der Waals surface area contributed by atoms with Crippen molar-refractivity contribution in [3.05, 3.63) is 28.3 Å². The molecule has 0 amide bonds. The Labute approximate surface area is 80.8 Å². The second kappa shape index (κ2) is 3.53. The van der Waals surface area contributed by atoms with E-state index in [0.29, 0.717) is 24.6 Å². The normalized spacial score (nSPS) is 14.6. The Hall–Kier alpha value is -1.78. The Balaban J connectivity index is 2.37. The van der Waals surface area contributed by atoms with Crippen LogP contribution in [0.15, 0.2) is 18.2 Å². The molecule has 0 fully saturated rings. The van der Waals surface area contributed by atoms with Crippen LogP contribution in [-0.2, 0) is 0 Å². The van der Waals surface area contributed by atoms with Gasteiger partial charge in [-0.25, -0.2) is 0 Å². The highest BCUT2D eigenvalue weighted by atomic mass is 16.6. The smallest absolute Gasteiger partial charge is 0.271 e. The van der Waals surface area contributed by atoms with Crippen LogP contribution in [0.1, 0.15) is 6.42 Å². The molecule has 14 heavy (non-hydrogen) atoms. The number of fused-ring (bicyclic) bond motifs is 1. The molecule has 0 saturated heterocycles. The largest absolute Gasteiger partial charge is 0.491 e. The molecule has 5 heteroatoms. The fourth-order valence-corrected chi connectivity index (χ4v) is 1.31. The number of benzene rings is 1. The third kappa shape index (κ3) is 1.61. The lowest BCUT2D eigenvalue weighted by molar-refractivity contribution is -0.384. The molecule has 0 spiro atoms. The lowest BCUT2D eigenvalue weighted by Crippen LogP contribution is -1.99. The topological polar surface area (TPSA) is 66.5 Å². The van der Waals surface area contributed by atoms with Crippen molar-refractivity contribution < 1.29 is 9.66 Å². The van der Waals surface area contributed by atoms with Gasteiger partial charge in [0.1, 0.15) is 11.4 Å². The molecule has 1 aliphatic heterocycles. The van der Waals surface area contributed by atoms with Crippen LogP contribution >= 0.6 is 0 Å². The van der Waals surface area contributed by atoms with E-state index in [0.717, 1.165) is 6.42 Å². The van der Waals surface area contributed by atoms with Gasteiger partial charge in [0, 0.05) is 25.1 Å². The summed E-state index contributed by atoms with van der Waals surface area (Å²) in [5.41, 5.74) is 0.634. The van der Waals surface area contributed by atoms with E-state index in [1.807, 2.05) is 0 Å². The lowest BCUT2D eigenvalue weighted by Gasteiger charge is -2.04. The second-order valence-electron chi connectivity index (χ2n) is 2.99. The molecule has 1 aliphatic rings. The van der Waals surface area contributed by atoms with E-state index in [4.69, 9.17) is 4.74 Å². The van der Waals surface area contributed by atoms with E-state index in [1.165, 1.54) is 12.1 Å². The predicted molar refractivity (Wildman–Crippen MR) is 49.9 cm³/mol. The third-order valence-corrected chi connectivity index (χ3v) is 2.00. The van der Waals surface area contributed by atoms with Crippen molar-refractivity contribution in [2.45, 2.75) is 6.42 Å². The molecule has 73 valence electrons. The summed E-state index contributed by atoms with van der Waals surface area (Å²) in [7, 11) is 0. The van der Waals surface area contributed by atoms with Gasteiger partial charge in [-0.1, -0.05) is 0 Å². The molecule has 0 aliphatic carbocycles. The van der Waals surface area contributed by atoms with Crippen molar-refractivity contribution in [3.8, 4) is 5.75 Å². The minimum atomic E-state index is -0.430. The van der Waals surface area contributed by atoms with Gasteiger partial charge in [-0.2, -0.15) is 0 Å². The van der Waals surface area contributed by atoms with E-state index in [-0.39, 0.29) is 5.69 Å². The maximum absolute atomic E-state index is 10.5. The van der Waals surface area contributed by atoms with E-state index < -0.39 is 4.92 Å². The Morgan fingerprint density at radius 3 is 3.14 bits per heavy atom. The summed E-state index contributed by atoms with van der Waals surface area (Å²) in [4.78, 5) is 10.1. The van der Waals surface area contributed by atoms with E-state index in [2.05, 4.69) is 5.32 Å². The number of hydrogen-bond donors (Lipinski definition) is 0. The van der Waals surface area contributed by atoms with Crippen LogP contribution in [0.25, 0.3) is 0 Å². The number of ether oxygens (including phenoxy) is 1. The van der Waals surface area contributed by atoms with E-state index in [9.17, 15) is 10.1 Å². The molecule has 1 aromatic rings. The van der Waals surface area contributed by atoms with Crippen LogP contribution in [-0.4, -0.2) is 18.1 Å². The van der Waals surface area contributed by atoms with Gasteiger partial charge < -0.3 is 4.74 Å². The van der Waals surface area contributed by atoms with Crippen LogP contribution in [0.4, 0.5) is 11.4 Å². The van der Waals surface area contributed by atoms with Crippen molar-refractivity contribution >= 4 is 11.4 Å². The predicted octanol–water partition coefficient (Wildman–Crippen LogP) is 1.61. The quantitative estimate of drug-likeness (QED) is 0.502. The first-order valence-corrected chi connectivity index (χ1v) is 4.36. The number of hydrogen-bond acceptors (Lipinski definition) is 3. The van der Waals surface area contributed by atoms with E-state index >= 15 is 0 Å². The van der Waals surface area contributed by atoms with Gasteiger partial charge in [-0.15, -0.1) is 0 Å². The van der Waals surface area contributed by atoms with Crippen LogP contribution in [0.2, 0.25) is 0 Å². The van der Waals surface area contributed by atoms with Gasteiger partial charge >= 0.3 is 0 Å². The fourth-order valence-electron chi connectivity index (χ4n) is 1.31. The SMILES string of the molecule is O=[N+]([O-])c1ccc2c(c1)[N]CCCO2. The molecule has 2 rings (SSSR count). The van der Waals surface area contributed by atoms with Crippen LogP contribution < -0.4 is 10.1 Å². The van der Waals surface area contributed by atoms with Gasteiger partial charge in [0.15, 0.2) is 0 Å². The van der Waals surface area contributed by atoms with Crippen molar-refractivity contribution in [3.63, 3.8) is 0 Å². The molecular formula is C9H9N2O3. The van der Waals surface area contributed by atoms with Crippen LogP contribution in [0, 0.1) is 10.1 Å². The molecule has 0 atom stereocenters. The zero-order valence-electron chi connectivity index (χ0n) is 7.47. The molecular weight excluding hydrogens is 184 g/mol.